The first-order valence-electron chi connectivity index (χ1n) is 10.9. The second-order valence-electron chi connectivity index (χ2n) is 8.20. The molecule has 0 spiro atoms. The van der Waals surface area contributed by atoms with Gasteiger partial charge in [-0.2, -0.15) is 0 Å². The fraction of sp³-hybridized carbons (Fsp3) is 0.440. The molecule has 6 heteroatoms. The predicted octanol–water partition coefficient (Wildman–Crippen LogP) is 4.47. The maximum absolute atomic E-state index is 12.5. The van der Waals surface area contributed by atoms with Crippen LogP contribution in [0.1, 0.15) is 42.4 Å². The first kappa shape index (κ1) is 23.1. The first-order valence-corrected chi connectivity index (χ1v) is 11.3. The number of ether oxygens (including phenoxy) is 1. The summed E-state index contributed by atoms with van der Waals surface area (Å²) in [6.45, 7) is 5.93. The number of hydrogen-bond donors (Lipinski definition) is 1. The third-order valence-electron chi connectivity index (χ3n) is 5.68. The van der Waals surface area contributed by atoms with Crippen LogP contribution in [0.4, 0.5) is 0 Å². The number of benzene rings is 2. The van der Waals surface area contributed by atoms with Crippen LogP contribution in [-0.4, -0.2) is 42.5 Å². The number of amides is 2. The van der Waals surface area contributed by atoms with Crippen molar-refractivity contribution in [1.29, 1.82) is 0 Å². The van der Waals surface area contributed by atoms with Crippen LogP contribution in [0.15, 0.2) is 42.5 Å². The lowest BCUT2D eigenvalue weighted by molar-refractivity contribution is -0.131. The van der Waals surface area contributed by atoms with Gasteiger partial charge in [0.1, 0.15) is 5.75 Å². The summed E-state index contributed by atoms with van der Waals surface area (Å²) in [6, 6.07) is 13.6. The third kappa shape index (κ3) is 7.00. The molecule has 0 atom stereocenters. The first-order chi connectivity index (χ1) is 14.9. The Morgan fingerprint density at radius 3 is 2.35 bits per heavy atom. The summed E-state index contributed by atoms with van der Waals surface area (Å²) >= 11 is 5.90. The van der Waals surface area contributed by atoms with E-state index in [1.54, 1.807) is 12.1 Å². The molecular formula is C25H31ClN2O3. The van der Waals surface area contributed by atoms with Gasteiger partial charge in [0, 0.05) is 30.6 Å². The Labute approximate surface area is 189 Å². The highest BCUT2D eigenvalue weighted by Gasteiger charge is 2.23. The lowest BCUT2D eigenvalue weighted by atomic mass is 10.0. The largest absolute Gasteiger partial charge is 0.493 e. The predicted molar refractivity (Wildman–Crippen MR) is 124 cm³/mol. The molecule has 1 aliphatic rings. The smallest absolute Gasteiger partial charge is 0.226 e. The van der Waals surface area contributed by atoms with Crippen LogP contribution >= 0.6 is 11.6 Å². The van der Waals surface area contributed by atoms with Gasteiger partial charge < -0.3 is 15.0 Å². The number of rotatable bonds is 8. The van der Waals surface area contributed by atoms with E-state index in [4.69, 9.17) is 16.3 Å². The number of carbonyl (C=O) groups excluding carboxylic acids is 2. The molecule has 166 valence electrons. The average Bonchev–Trinajstić information content (AvgIpc) is 2.75. The molecule has 0 radical (unpaired) electrons. The van der Waals surface area contributed by atoms with Gasteiger partial charge in [-0.15, -0.1) is 0 Å². The Morgan fingerprint density at radius 2 is 1.71 bits per heavy atom. The summed E-state index contributed by atoms with van der Waals surface area (Å²) in [5.41, 5.74) is 3.19. The fourth-order valence-electron chi connectivity index (χ4n) is 3.90. The molecule has 31 heavy (non-hydrogen) atoms. The minimum Gasteiger partial charge on any atom is -0.493 e. The number of piperidine rings is 1. The van der Waals surface area contributed by atoms with E-state index in [1.165, 1.54) is 0 Å². The minimum atomic E-state index is 0.0519. The van der Waals surface area contributed by atoms with Crippen LogP contribution in [0, 0.1) is 13.8 Å². The summed E-state index contributed by atoms with van der Waals surface area (Å²) in [7, 11) is 0. The van der Waals surface area contributed by atoms with Crippen molar-refractivity contribution in [3.05, 3.63) is 64.2 Å². The van der Waals surface area contributed by atoms with Crippen LogP contribution in [0.3, 0.4) is 0 Å². The number of nitrogens with zero attached hydrogens (tertiary/aromatic N) is 1. The highest BCUT2D eigenvalue weighted by molar-refractivity contribution is 6.30. The van der Waals surface area contributed by atoms with Crippen molar-refractivity contribution in [3.63, 3.8) is 0 Å². The van der Waals surface area contributed by atoms with Gasteiger partial charge in [0.2, 0.25) is 11.8 Å². The molecule has 0 aliphatic carbocycles. The Kier molecular flexibility index (Phi) is 8.35. The zero-order valence-corrected chi connectivity index (χ0v) is 19.1. The van der Waals surface area contributed by atoms with Gasteiger partial charge in [-0.05, 0) is 61.9 Å². The van der Waals surface area contributed by atoms with Crippen molar-refractivity contribution < 1.29 is 14.3 Å². The molecule has 0 saturated carbocycles. The average molecular weight is 443 g/mol. The quantitative estimate of drug-likeness (QED) is 0.614. The number of nitrogens with one attached hydrogen (secondary N) is 1. The lowest BCUT2D eigenvalue weighted by Gasteiger charge is -2.32. The number of hydrogen-bond acceptors (Lipinski definition) is 3. The molecule has 0 aromatic heterocycles. The molecule has 1 saturated heterocycles. The van der Waals surface area contributed by atoms with Gasteiger partial charge in [0.05, 0.1) is 13.0 Å². The molecule has 5 nitrogen and oxygen atoms in total. The van der Waals surface area contributed by atoms with Gasteiger partial charge in [-0.1, -0.05) is 41.9 Å². The van der Waals surface area contributed by atoms with Crippen molar-refractivity contribution >= 4 is 23.4 Å². The van der Waals surface area contributed by atoms with Gasteiger partial charge >= 0.3 is 0 Å². The lowest BCUT2D eigenvalue weighted by Crippen LogP contribution is -2.47. The number of likely N-dealkylation sites (tertiary alicyclic amines) is 1. The SMILES string of the molecule is Cc1cccc(C)c1OCCCC(=O)NC1CCN(C(=O)Cc2ccc(Cl)cc2)CC1. The molecule has 3 rings (SSSR count). The van der Waals surface area contributed by atoms with Crippen LogP contribution < -0.4 is 10.1 Å². The Morgan fingerprint density at radius 1 is 1.06 bits per heavy atom. The normalized spacial score (nSPS) is 14.4. The van der Waals surface area contributed by atoms with Gasteiger partial charge in [0.25, 0.3) is 0 Å². The summed E-state index contributed by atoms with van der Waals surface area (Å²) < 4.78 is 5.87. The van der Waals surface area contributed by atoms with Crippen molar-refractivity contribution in [2.24, 2.45) is 0 Å². The maximum atomic E-state index is 12.5. The number of carbonyl (C=O) groups is 2. The van der Waals surface area contributed by atoms with Gasteiger partial charge in [0.15, 0.2) is 0 Å². The van der Waals surface area contributed by atoms with E-state index >= 15 is 0 Å². The van der Waals surface area contributed by atoms with Crippen molar-refractivity contribution in [3.8, 4) is 5.75 Å². The fourth-order valence-corrected chi connectivity index (χ4v) is 4.02. The molecule has 2 amide bonds. The molecule has 0 bridgehead atoms. The summed E-state index contributed by atoms with van der Waals surface area (Å²) in [5.74, 6) is 1.09. The molecule has 1 aliphatic heterocycles. The molecule has 1 N–H and O–H groups in total. The van der Waals surface area contributed by atoms with Crippen molar-refractivity contribution in [1.82, 2.24) is 10.2 Å². The van der Waals surface area contributed by atoms with Crippen LogP contribution in [-0.2, 0) is 16.0 Å². The zero-order chi connectivity index (χ0) is 22.2. The molecule has 1 fully saturated rings. The third-order valence-corrected chi connectivity index (χ3v) is 5.94. The highest BCUT2D eigenvalue weighted by Crippen LogP contribution is 2.22. The molecule has 0 unspecified atom stereocenters. The number of halogens is 1. The van der Waals surface area contributed by atoms with Crippen LogP contribution in [0.25, 0.3) is 0 Å². The summed E-state index contributed by atoms with van der Waals surface area (Å²) in [4.78, 5) is 26.7. The van der Waals surface area contributed by atoms with E-state index in [-0.39, 0.29) is 17.9 Å². The van der Waals surface area contributed by atoms with E-state index in [2.05, 4.69) is 5.32 Å². The Bertz CT molecular complexity index is 870. The minimum absolute atomic E-state index is 0.0519. The van der Waals surface area contributed by atoms with E-state index in [0.717, 1.165) is 35.3 Å². The topological polar surface area (TPSA) is 58.6 Å². The Hall–Kier alpha value is -2.53. The maximum Gasteiger partial charge on any atom is 0.226 e. The molecular weight excluding hydrogens is 412 g/mol. The van der Waals surface area contributed by atoms with Crippen LogP contribution in [0.5, 0.6) is 5.75 Å². The second-order valence-corrected chi connectivity index (χ2v) is 8.64. The number of aryl methyl sites for hydroxylation is 2. The number of para-hydroxylation sites is 1. The second kappa shape index (κ2) is 11.2. The zero-order valence-electron chi connectivity index (χ0n) is 18.3. The summed E-state index contributed by atoms with van der Waals surface area (Å²) in [5, 5.41) is 3.78. The van der Waals surface area contributed by atoms with E-state index < -0.39 is 0 Å². The molecule has 2 aromatic rings. The van der Waals surface area contributed by atoms with Gasteiger partial charge in [-0.25, -0.2) is 0 Å². The van der Waals surface area contributed by atoms with Crippen molar-refractivity contribution in [2.75, 3.05) is 19.7 Å². The van der Waals surface area contributed by atoms with Gasteiger partial charge in [-0.3, -0.25) is 9.59 Å². The van der Waals surface area contributed by atoms with Crippen LogP contribution in [0.2, 0.25) is 5.02 Å². The van der Waals surface area contributed by atoms with E-state index in [9.17, 15) is 9.59 Å². The standard InChI is InChI=1S/C25H31ClN2O3/c1-18-5-3-6-19(2)25(18)31-16-4-7-23(29)27-22-12-14-28(15-13-22)24(30)17-20-8-10-21(26)11-9-20/h3,5-6,8-11,22H,4,7,12-17H2,1-2H3,(H,27,29). The summed E-state index contributed by atoms with van der Waals surface area (Å²) in [6.07, 6.45) is 3.08. The molecule has 1 heterocycles. The monoisotopic (exact) mass is 442 g/mol. The van der Waals surface area contributed by atoms with E-state index in [0.29, 0.717) is 44.0 Å². The van der Waals surface area contributed by atoms with Crippen molar-refractivity contribution in [2.45, 2.75) is 52.0 Å². The van der Waals surface area contributed by atoms with E-state index in [1.807, 2.05) is 49.1 Å². The molecule has 2 aromatic carbocycles. The Balaban J connectivity index is 1.33. The highest BCUT2D eigenvalue weighted by atomic mass is 35.5.